The van der Waals surface area contributed by atoms with Gasteiger partial charge in [-0.25, -0.2) is 5.43 Å². The van der Waals surface area contributed by atoms with E-state index < -0.39 is 0 Å². The minimum atomic E-state index is 0.0416. The van der Waals surface area contributed by atoms with Crippen molar-refractivity contribution in [3.63, 3.8) is 0 Å². The molecule has 0 unspecified atom stereocenters. The molecule has 0 bridgehead atoms. The second kappa shape index (κ2) is 3.69. The first-order chi connectivity index (χ1) is 6.76. The molecular weight excluding hydrogens is 180 g/mol. The van der Waals surface area contributed by atoms with Gasteiger partial charge in [-0.2, -0.15) is 0 Å². The minimum absolute atomic E-state index is 0.0416. The van der Waals surface area contributed by atoms with Gasteiger partial charge in [0, 0.05) is 24.9 Å². The Labute approximate surface area is 83.6 Å². The maximum absolute atomic E-state index is 11.6. The van der Waals surface area contributed by atoms with E-state index in [4.69, 9.17) is 0 Å². The Kier molecular flexibility index (Phi) is 2.54. The van der Waals surface area contributed by atoms with Crippen molar-refractivity contribution in [1.82, 2.24) is 10.4 Å². The molecule has 2 rings (SSSR count). The molecule has 0 aromatic heterocycles. The Bertz CT molecular complexity index is 247. The first-order valence-corrected chi connectivity index (χ1v) is 5.28. The lowest BCUT2D eigenvalue weighted by atomic mass is 9.96. The molecule has 1 spiro atoms. The predicted octanol–water partition coefficient (Wildman–Crippen LogP) is 0.625. The van der Waals surface area contributed by atoms with E-state index in [1.807, 2.05) is 0 Å². The number of amides is 1. The van der Waals surface area contributed by atoms with Gasteiger partial charge in [-0.05, 0) is 12.8 Å². The Hall–Kier alpha value is -0.900. The van der Waals surface area contributed by atoms with Gasteiger partial charge >= 0.3 is 0 Å². The van der Waals surface area contributed by atoms with Gasteiger partial charge in [-0.15, -0.1) is 0 Å². The van der Waals surface area contributed by atoms with Crippen LogP contribution in [0.4, 0.5) is 0 Å². The Morgan fingerprint density at radius 2 is 2.14 bits per heavy atom. The van der Waals surface area contributed by atoms with Crippen molar-refractivity contribution in [3.05, 3.63) is 0 Å². The van der Waals surface area contributed by atoms with Gasteiger partial charge in [0.2, 0.25) is 5.91 Å². The van der Waals surface area contributed by atoms with E-state index in [0.717, 1.165) is 19.1 Å². The third-order valence-electron chi connectivity index (χ3n) is 3.19. The predicted molar refractivity (Wildman–Crippen MR) is 51.3 cm³/mol. The van der Waals surface area contributed by atoms with Gasteiger partial charge < -0.3 is 4.79 Å². The molecule has 4 nitrogen and oxygen atoms in total. The molecule has 1 aliphatic carbocycles. The summed E-state index contributed by atoms with van der Waals surface area (Å²) in [6, 6.07) is 0. The van der Waals surface area contributed by atoms with Crippen molar-refractivity contribution in [2.75, 3.05) is 6.54 Å². The van der Waals surface area contributed by atoms with Crippen LogP contribution in [-0.2, 0) is 9.59 Å². The molecule has 0 aromatic rings. The van der Waals surface area contributed by atoms with Gasteiger partial charge in [0.05, 0.1) is 0 Å². The van der Waals surface area contributed by atoms with E-state index in [0.29, 0.717) is 19.4 Å². The molecule has 0 atom stereocenters. The summed E-state index contributed by atoms with van der Waals surface area (Å²) >= 11 is 0. The fourth-order valence-electron chi connectivity index (χ4n) is 2.48. The van der Waals surface area contributed by atoms with Gasteiger partial charge in [-0.1, -0.05) is 12.8 Å². The SMILES string of the molecule is O=CCCN1NC2(CCCC2)CC1=O. The van der Waals surface area contributed by atoms with Crippen LogP contribution in [0.3, 0.4) is 0 Å². The van der Waals surface area contributed by atoms with Crippen molar-refractivity contribution < 1.29 is 9.59 Å². The second-order valence-electron chi connectivity index (χ2n) is 4.28. The first-order valence-electron chi connectivity index (χ1n) is 5.28. The first kappa shape index (κ1) is 9.65. The number of hydrazine groups is 1. The van der Waals surface area contributed by atoms with E-state index in [-0.39, 0.29) is 11.4 Å². The van der Waals surface area contributed by atoms with Crippen LogP contribution < -0.4 is 5.43 Å². The van der Waals surface area contributed by atoms with Crippen LogP contribution >= 0.6 is 0 Å². The zero-order valence-electron chi connectivity index (χ0n) is 8.29. The summed E-state index contributed by atoms with van der Waals surface area (Å²) in [5, 5.41) is 1.62. The van der Waals surface area contributed by atoms with Crippen molar-refractivity contribution >= 4 is 12.2 Å². The van der Waals surface area contributed by atoms with Crippen LogP contribution in [0.5, 0.6) is 0 Å². The van der Waals surface area contributed by atoms with E-state index in [1.165, 1.54) is 12.8 Å². The molecule has 1 heterocycles. The van der Waals surface area contributed by atoms with Crippen molar-refractivity contribution in [2.24, 2.45) is 0 Å². The maximum Gasteiger partial charge on any atom is 0.238 e. The molecule has 14 heavy (non-hydrogen) atoms. The highest BCUT2D eigenvalue weighted by atomic mass is 16.2. The Morgan fingerprint density at radius 3 is 2.79 bits per heavy atom. The largest absolute Gasteiger partial charge is 0.303 e. The Balaban J connectivity index is 1.95. The standard InChI is InChI=1S/C10H16N2O2/c13-7-3-6-12-9(14)8-10(11-12)4-1-2-5-10/h7,11H,1-6,8H2. The van der Waals surface area contributed by atoms with Crippen LogP contribution in [0.25, 0.3) is 0 Å². The molecule has 2 aliphatic rings. The lowest BCUT2D eigenvalue weighted by Crippen LogP contribution is -2.44. The normalized spacial score (nSPS) is 24.9. The molecule has 1 saturated heterocycles. The average molecular weight is 196 g/mol. The fourth-order valence-corrected chi connectivity index (χ4v) is 2.48. The Morgan fingerprint density at radius 1 is 1.43 bits per heavy atom. The molecule has 4 heteroatoms. The van der Waals surface area contributed by atoms with Crippen LogP contribution in [-0.4, -0.2) is 29.3 Å². The van der Waals surface area contributed by atoms with E-state index in [1.54, 1.807) is 5.01 Å². The second-order valence-corrected chi connectivity index (χ2v) is 4.28. The number of nitrogens with zero attached hydrogens (tertiary/aromatic N) is 1. The van der Waals surface area contributed by atoms with Crippen molar-refractivity contribution in [2.45, 2.75) is 44.1 Å². The molecular formula is C10H16N2O2. The number of carbonyl (C=O) groups is 2. The number of hydrogen-bond donors (Lipinski definition) is 1. The van der Waals surface area contributed by atoms with E-state index >= 15 is 0 Å². The lowest BCUT2D eigenvalue weighted by Gasteiger charge is -2.24. The summed E-state index contributed by atoms with van der Waals surface area (Å²) in [4.78, 5) is 21.8. The third kappa shape index (κ3) is 1.66. The monoisotopic (exact) mass is 196 g/mol. The smallest absolute Gasteiger partial charge is 0.238 e. The highest BCUT2D eigenvalue weighted by molar-refractivity contribution is 5.79. The molecule has 1 aliphatic heterocycles. The van der Waals surface area contributed by atoms with Gasteiger partial charge in [0.25, 0.3) is 0 Å². The number of hydrogen-bond acceptors (Lipinski definition) is 3. The minimum Gasteiger partial charge on any atom is -0.303 e. The molecule has 2 fully saturated rings. The van der Waals surface area contributed by atoms with E-state index in [2.05, 4.69) is 5.43 Å². The van der Waals surface area contributed by atoms with Gasteiger partial charge in [0.15, 0.2) is 0 Å². The highest BCUT2D eigenvalue weighted by Gasteiger charge is 2.44. The van der Waals surface area contributed by atoms with Gasteiger partial charge in [-0.3, -0.25) is 9.80 Å². The summed E-state index contributed by atoms with van der Waals surface area (Å²) < 4.78 is 0. The van der Waals surface area contributed by atoms with Crippen LogP contribution in [0.1, 0.15) is 38.5 Å². The fraction of sp³-hybridized carbons (Fsp3) is 0.800. The summed E-state index contributed by atoms with van der Waals surface area (Å²) in [6.07, 6.45) is 6.51. The number of nitrogens with one attached hydrogen (secondary N) is 1. The molecule has 1 saturated carbocycles. The van der Waals surface area contributed by atoms with Gasteiger partial charge in [0.1, 0.15) is 6.29 Å². The third-order valence-corrected chi connectivity index (χ3v) is 3.19. The number of rotatable bonds is 3. The highest BCUT2D eigenvalue weighted by Crippen LogP contribution is 2.36. The average Bonchev–Trinajstić information content (AvgIpc) is 2.72. The maximum atomic E-state index is 11.6. The lowest BCUT2D eigenvalue weighted by molar-refractivity contribution is -0.129. The van der Waals surface area contributed by atoms with Crippen LogP contribution in [0.2, 0.25) is 0 Å². The molecule has 0 aromatic carbocycles. The van der Waals surface area contributed by atoms with Crippen molar-refractivity contribution in [1.29, 1.82) is 0 Å². The van der Waals surface area contributed by atoms with Crippen LogP contribution in [0, 0.1) is 0 Å². The molecule has 0 radical (unpaired) electrons. The topological polar surface area (TPSA) is 49.4 Å². The number of carbonyl (C=O) groups excluding carboxylic acids is 2. The summed E-state index contributed by atoms with van der Waals surface area (Å²) in [5.74, 6) is 0.147. The van der Waals surface area contributed by atoms with Crippen molar-refractivity contribution in [3.8, 4) is 0 Å². The quantitative estimate of drug-likeness (QED) is 0.673. The molecule has 78 valence electrons. The van der Waals surface area contributed by atoms with Crippen LogP contribution in [0.15, 0.2) is 0 Å². The molecule has 1 N–H and O–H groups in total. The summed E-state index contributed by atoms with van der Waals surface area (Å²) in [7, 11) is 0. The molecule has 1 amide bonds. The summed E-state index contributed by atoms with van der Waals surface area (Å²) in [6.45, 7) is 0.518. The zero-order valence-corrected chi connectivity index (χ0v) is 8.29. The van der Waals surface area contributed by atoms with E-state index in [9.17, 15) is 9.59 Å². The zero-order chi connectivity index (χ0) is 10.0. The number of aldehydes is 1. The summed E-state index contributed by atoms with van der Waals surface area (Å²) in [5.41, 5.74) is 3.32.